The molecule has 0 heterocycles. The maximum Gasteiger partial charge on any atom is 0.155 e. The van der Waals surface area contributed by atoms with Crippen molar-refractivity contribution in [3.05, 3.63) is 11.6 Å². The van der Waals surface area contributed by atoms with Crippen molar-refractivity contribution < 1.29 is 9.90 Å². The molecule has 0 aromatic heterocycles. The van der Waals surface area contributed by atoms with E-state index in [1.54, 1.807) is 0 Å². The van der Waals surface area contributed by atoms with Gasteiger partial charge in [-0.15, -0.1) is 0 Å². The Kier molecular flexibility index (Phi) is 3.35. The molecule has 0 spiro atoms. The van der Waals surface area contributed by atoms with Crippen molar-refractivity contribution in [2.75, 3.05) is 0 Å². The number of allylic oxidation sites excluding steroid dienone is 1. The first-order chi connectivity index (χ1) is 10.4. The molecule has 122 valence electrons. The standard InChI is InChI=1S/C20H30O2/c1-11-8-13-9-14(21)4-5-15(13)18-12(2)10-20(3)16(19(11)18)6-7-17(20)22/h9,11-12,15-19,22H,4-8,10H2,1-3H3/t11-,12-,15+,16+,17+,18-,19+,20+/m1/s1. The Balaban J connectivity index is 1.73. The van der Waals surface area contributed by atoms with Crippen LogP contribution in [0.25, 0.3) is 0 Å². The number of carbonyl (C=O) groups is 1. The molecule has 0 saturated heterocycles. The Morgan fingerprint density at radius 3 is 2.68 bits per heavy atom. The zero-order valence-corrected chi connectivity index (χ0v) is 14.2. The highest BCUT2D eigenvalue weighted by molar-refractivity contribution is 5.91. The van der Waals surface area contributed by atoms with E-state index in [1.807, 2.05) is 6.08 Å². The predicted molar refractivity (Wildman–Crippen MR) is 87.2 cm³/mol. The van der Waals surface area contributed by atoms with Gasteiger partial charge >= 0.3 is 0 Å². The lowest BCUT2D eigenvalue weighted by Crippen LogP contribution is -2.53. The van der Waals surface area contributed by atoms with Gasteiger partial charge < -0.3 is 5.11 Å². The van der Waals surface area contributed by atoms with Gasteiger partial charge in [-0.2, -0.15) is 0 Å². The second-order valence-corrected chi connectivity index (χ2v) is 9.05. The normalized spacial score (nSPS) is 54.3. The highest BCUT2D eigenvalue weighted by Gasteiger charge is 2.59. The van der Waals surface area contributed by atoms with Gasteiger partial charge in [-0.1, -0.05) is 26.3 Å². The molecular weight excluding hydrogens is 272 g/mol. The first kappa shape index (κ1) is 14.9. The summed E-state index contributed by atoms with van der Waals surface area (Å²) in [6.45, 7) is 7.16. The van der Waals surface area contributed by atoms with Crippen LogP contribution in [0.5, 0.6) is 0 Å². The van der Waals surface area contributed by atoms with E-state index in [1.165, 1.54) is 18.4 Å². The smallest absolute Gasteiger partial charge is 0.155 e. The minimum Gasteiger partial charge on any atom is -0.393 e. The Labute approximate surface area is 134 Å². The van der Waals surface area contributed by atoms with E-state index in [0.717, 1.165) is 37.5 Å². The van der Waals surface area contributed by atoms with Crippen LogP contribution < -0.4 is 0 Å². The van der Waals surface area contributed by atoms with Crippen LogP contribution in [-0.2, 0) is 4.79 Å². The minimum atomic E-state index is -0.0991. The average molecular weight is 302 g/mol. The Morgan fingerprint density at radius 1 is 1.14 bits per heavy atom. The molecule has 0 aliphatic heterocycles. The number of aliphatic hydroxyl groups excluding tert-OH is 1. The summed E-state index contributed by atoms with van der Waals surface area (Å²) in [7, 11) is 0. The predicted octanol–water partition coefficient (Wildman–Crippen LogP) is 3.98. The molecule has 1 N–H and O–H groups in total. The molecule has 0 unspecified atom stereocenters. The van der Waals surface area contributed by atoms with E-state index in [0.29, 0.717) is 29.5 Å². The molecule has 2 heteroatoms. The first-order valence-corrected chi connectivity index (χ1v) is 9.33. The summed E-state index contributed by atoms with van der Waals surface area (Å²) in [5.74, 6) is 4.52. The topological polar surface area (TPSA) is 37.3 Å². The average Bonchev–Trinajstić information content (AvgIpc) is 2.74. The fourth-order valence-corrected chi connectivity index (χ4v) is 7.11. The third-order valence-corrected chi connectivity index (χ3v) is 7.89. The van der Waals surface area contributed by atoms with Gasteiger partial charge in [-0.25, -0.2) is 0 Å². The van der Waals surface area contributed by atoms with Crippen LogP contribution in [0.1, 0.15) is 59.3 Å². The summed E-state index contributed by atoms with van der Waals surface area (Å²) < 4.78 is 0. The van der Waals surface area contributed by atoms with Crippen molar-refractivity contribution in [3.8, 4) is 0 Å². The van der Waals surface area contributed by atoms with Crippen molar-refractivity contribution in [3.63, 3.8) is 0 Å². The van der Waals surface area contributed by atoms with Gasteiger partial charge in [0.1, 0.15) is 0 Å². The van der Waals surface area contributed by atoms with Gasteiger partial charge in [0, 0.05) is 6.42 Å². The van der Waals surface area contributed by atoms with Crippen LogP contribution in [0.2, 0.25) is 0 Å². The van der Waals surface area contributed by atoms with Gasteiger partial charge in [-0.05, 0) is 79.1 Å². The van der Waals surface area contributed by atoms with E-state index in [2.05, 4.69) is 20.8 Å². The highest BCUT2D eigenvalue weighted by atomic mass is 16.3. The summed E-state index contributed by atoms with van der Waals surface area (Å²) >= 11 is 0. The molecule has 0 aromatic rings. The summed E-state index contributed by atoms with van der Waals surface area (Å²) in [4.78, 5) is 11.8. The van der Waals surface area contributed by atoms with E-state index in [9.17, 15) is 9.90 Å². The lowest BCUT2D eigenvalue weighted by Gasteiger charge is -2.58. The van der Waals surface area contributed by atoms with Gasteiger partial charge in [0.15, 0.2) is 5.78 Å². The molecular formula is C20H30O2. The van der Waals surface area contributed by atoms with Gasteiger partial charge in [0.25, 0.3) is 0 Å². The molecule has 4 aliphatic carbocycles. The monoisotopic (exact) mass is 302 g/mol. The fourth-order valence-electron chi connectivity index (χ4n) is 7.11. The maximum atomic E-state index is 11.8. The van der Waals surface area contributed by atoms with Crippen LogP contribution in [-0.4, -0.2) is 17.0 Å². The largest absolute Gasteiger partial charge is 0.393 e. The molecule has 0 bridgehead atoms. The Bertz CT molecular complexity index is 522. The van der Waals surface area contributed by atoms with Gasteiger partial charge in [-0.3, -0.25) is 4.79 Å². The molecule has 0 radical (unpaired) electrons. The second kappa shape index (κ2) is 4.93. The number of carbonyl (C=O) groups excluding carboxylic acids is 1. The van der Waals surface area contributed by atoms with E-state index in [-0.39, 0.29) is 11.5 Å². The number of aliphatic hydroxyl groups is 1. The van der Waals surface area contributed by atoms with Gasteiger partial charge in [0.2, 0.25) is 0 Å². The second-order valence-electron chi connectivity index (χ2n) is 9.05. The van der Waals surface area contributed by atoms with Crippen molar-refractivity contribution in [1.29, 1.82) is 0 Å². The van der Waals surface area contributed by atoms with Crippen LogP contribution >= 0.6 is 0 Å². The van der Waals surface area contributed by atoms with E-state index in [4.69, 9.17) is 0 Å². The zero-order chi connectivity index (χ0) is 15.6. The lowest BCUT2D eigenvalue weighted by atomic mass is 9.47. The molecule has 4 aliphatic rings. The number of hydrogen-bond donors (Lipinski definition) is 1. The van der Waals surface area contributed by atoms with Crippen molar-refractivity contribution in [1.82, 2.24) is 0 Å². The molecule has 2 nitrogen and oxygen atoms in total. The van der Waals surface area contributed by atoms with Gasteiger partial charge in [0.05, 0.1) is 6.10 Å². The Morgan fingerprint density at radius 2 is 1.91 bits per heavy atom. The maximum absolute atomic E-state index is 11.8. The molecule has 22 heavy (non-hydrogen) atoms. The summed E-state index contributed by atoms with van der Waals surface area (Å²) in [6, 6.07) is 0. The van der Waals surface area contributed by atoms with Crippen molar-refractivity contribution >= 4 is 5.78 Å². The number of ketones is 1. The quantitative estimate of drug-likeness (QED) is 0.735. The third-order valence-electron chi connectivity index (χ3n) is 7.89. The number of rotatable bonds is 0. The van der Waals surface area contributed by atoms with E-state index >= 15 is 0 Å². The number of fused-ring (bicyclic) bond motifs is 5. The fraction of sp³-hybridized carbons (Fsp3) is 0.850. The molecule has 3 saturated carbocycles. The van der Waals surface area contributed by atoms with Crippen LogP contribution in [0.3, 0.4) is 0 Å². The van der Waals surface area contributed by atoms with Crippen molar-refractivity contribution in [2.24, 2.45) is 40.9 Å². The van der Waals surface area contributed by atoms with Crippen LogP contribution in [0.4, 0.5) is 0 Å². The highest BCUT2D eigenvalue weighted by Crippen LogP contribution is 2.64. The Hall–Kier alpha value is -0.630. The number of hydrogen-bond acceptors (Lipinski definition) is 2. The van der Waals surface area contributed by atoms with Crippen molar-refractivity contribution in [2.45, 2.75) is 65.4 Å². The van der Waals surface area contributed by atoms with Crippen LogP contribution in [0, 0.1) is 40.9 Å². The summed E-state index contributed by atoms with van der Waals surface area (Å²) in [5, 5.41) is 10.6. The summed E-state index contributed by atoms with van der Waals surface area (Å²) in [5.41, 5.74) is 1.60. The SMILES string of the molecule is C[C@@H]1C[C@]2(C)[C@@H](O)CC[C@H]2[C@H]2[C@H]1[C@H]1CCC(=O)C=C1C[C@H]2C. The molecule has 0 aromatic carbocycles. The molecule has 3 fully saturated rings. The third kappa shape index (κ3) is 1.92. The molecule has 8 atom stereocenters. The minimum absolute atomic E-state index is 0.0991. The lowest BCUT2D eigenvalue weighted by molar-refractivity contribution is -0.118. The zero-order valence-electron chi connectivity index (χ0n) is 14.2. The molecule has 4 rings (SSSR count). The van der Waals surface area contributed by atoms with Crippen LogP contribution in [0.15, 0.2) is 11.6 Å². The first-order valence-electron chi connectivity index (χ1n) is 9.33. The summed E-state index contributed by atoms with van der Waals surface area (Å²) in [6.07, 6.45) is 8.22. The molecule has 0 amide bonds. The van der Waals surface area contributed by atoms with E-state index < -0.39 is 0 Å².